The quantitative estimate of drug-likeness (QED) is 0.618. The van der Waals surface area contributed by atoms with E-state index < -0.39 is 10.4 Å². The van der Waals surface area contributed by atoms with Crippen molar-refractivity contribution in [3.63, 3.8) is 0 Å². The molecule has 1 aliphatic heterocycles. The van der Waals surface area contributed by atoms with Gasteiger partial charge >= 0.3 is 10.4 Å². The lowest BCUT2D eigenvalue weighted by molar-refractivity contribution is 0.381. The second-order valence-corrected chi connectivity index (χ2v) is 4.84. The van der Waals surface area contributed by atoms with Crippen molar-refractivity contribution in [3.8, 4) is 11.5 Å². The van der Waals surface area contributed by atoms with E-state index in [4.69, 9.17) is 22.3 Å². The van der Waals surface area contributed by atoms with Gasteiger partial charge in [-0.2, -0.15) is 8.42 Å². The van der Waals surface area contributed by atoms with Crippen LogP contribution in [0.25, 0.3) is 0 Å². The van der Waals surface area contributed by atoms with Crippen LogP contribution in [0.3, 0.4) is 0 Å². The molecule has 0 atom stereocenters. The molecule has 2 aromatic rings. The van der Waals surface area contributed by atoms with Crippen LogP contribution in [0.1, 0.15) is 11.1 Å². The van der Waals surface area contributed by atoms with Crippen molar-refractivity contribution in [3.05, 3.63) is 59.7 Å². The summed E-state index contributed by atoms with van der Waals surface area (Å²) < 4.78 is 37.4. The number of hydrogen-bond donors (Lipinski definition) is 2. The van der Waals surface area contributed by atoms with Gasteiger partial charge in [0.2, 0.25) is 0 Å². The van der Waals surface area contributed by atoms with E-state index in [0.717, 1.165) is 17.9 Å². The number of rotatable bonds is 0. The van der Waals surface area contributed by atoms with Crippen LogP contribution in [0.4, 0.5) is 0 Å². The number of fused-ring (bicyclic) bond motifs is 2. The van der Waals surface area contributed by atoms with E-state index >= 15 is 0 Å². The molecular weight excluding hydrogens is 268 g/mol. The first-order valence-corrected chi connectivity index (χ1v) is 6.87. The second-order valence-electron chi connectivity index (χ2n) is 3.94. The van der Waals surface area contributed by atoms with Crippen LogP contribution in [0.15, 0.2) is 48.5 Å². The lowest BCUT2D eigenvalue weighted by atomic mass is 10.0. The van der Waals surface area contributed by atoms with Crippen molar-refractivity contribution in [2.24, 2.45) is 0 Å². The Labute approximate surface area is 111 Å². The first-order valence-electron chi connectivity index (χ1n) is 5.47. The Balaban J connectivity index is 0.000000232. The fourth-order valence-electron chi connectivity index (χ4n) is 1.82. The van der Waals surface area contributed by atoms with Crippen molar-refractivity contribution < 1.29 is 22.3 Å². The Morgan fingerprint density at radius 3 is 1.63 bits per heavy atom. The summed E-state index contributed by atoms with van der Waals surface area (Å²) in [6, 6.07) is 16.4. The first-order chi connectivity index (χ1) is 8.93. The SMILES string of the molecule is O=S(=O)(O)O.c1ccc2c(c1)Cc1ccccc1O2. The van der Waals surface area contributed by atoms with E-state index in [2.05, 4.69) is 24.3 Å². The van der Waals surface area contributed by atoms with Crippen LogP contribution in [0.2, 0.25) is 0 Å². The molecule has 1 heterocycles. The van der Waals surface area contributed by atoms with E-state index in [-0.39, 0.29) is 0 Å². The van der Waals surface area contributed by atoms with Gasteiger partial charge in [-0.1, -0.05) is 36.4 Å². The van der Waals surface area contributed by atoms with Crippen molar-refractivity contribution in [2.75, 3.05) is 0 Å². The third-order valence-electron chi connectivity index (χ3n) is 2.55. The fraction of sp³-hybridized carbons (Fsp3) is 0.0769. The number of benzene rings is 2. The third kappa shape index (κ3) is 4.06. The predicted molar refractivity (Wildman–Crippen MR) is 69.9 cm³/mol. The van der Waals surface area contributed by atoms with Gasteiger partial charge < -0.3 is 4.74 Å². The summed E-state index contributed by atoms with van der Waals surface area (Å²) in [6.45, 7) is 0. The summed E-state index contributed by atoms with van der Waals surface area (Å²) in [4.78, 5) is 0. The summed E-state index contributed by atoms with van der Waals surface area (Å²) in [5, 5.41) is 0. The predicted octanol–water partition coefficient (Wildman–Crippen LogP) is 2.73. The van der Waals surface area contributed by atoms with Crippen LogP contribution in [0, 0.1) is 0 Å². The van der Waals surface area contributed by atoms with Crippen LogP contribution >= 0.6 is 0 Å². The smallest absolute Gasteiger partial charge is 0.394 e. The average molecular weight is 280 g/mol. The summed E-state index contributed by atoms with van der Waals surface area (Å²) >= 11 is 0. The molecule has 5 nitrogen and oxygen atoms in total. The second kappa shape index (κ2) is 5.40. The molecule has 0 amide bonds. The Bertz CT molecular complexity index is 583. The Hall–Kier alpha value is -1.89. The van der Waals surface area contributed by atoms with E-state index in [9.17, 15) is 0 Å². The topological polar surface area (TPSA) is 83.8 Å². The fourth-order valence-corrected chi connectivity index (χ4v) is 1.82. The zero-order chi connectivity index (χ0) is 13.9. The average Bonchev–Trinajstić information content (AvgIpc) is 2.34. The van der Waals surface area contributed by atoms with E-state index in [0.29, 0.717) is 0 Å². The molecule has 2 N–H and O–H groups in total. The molecule has 19 heavy (non-hydrogen) atoms. The van der Waals surface area contributed by atoms with Crippen LogP contribution in [-0.2, 0) is 16.8 Å². The number of para-hydroxylation sites is 2. The monoisotopic (exact) mass is 280 g/mol. The Kier molecular flexibility index (Phi) is 3.84. The van der Waals surface area contributed by atoms with Crippen molar-refractivity contribution >= 4 is 10.4 Å². The van der Waals surface area contributed by atoms with Gasteiger partial charge in [0.25, 0.3) is 0 Å². The maximum Gasteiger partial charge on any atom is 0.394 e. The molecule has 0 radical (unpaired) electrons. The number of ether oxygens (including phenoxy) is 1. The van der Waals surface area contributed by atoms with Crippen molar-refractivity contribution in [2.45, 2.75) is 6.42 Å². The molecule has 0 aromatic heterocycles. The van der Waals surface area contributed by atoms with Gasteiger partial charge in [0, 0.05) is 6.42 Å². The minimum absolute atomic E-state index is 0.979. The van der Waals surface area contributed by atoms with E-state index in [1.807, 2.05) is 24.3 Å². The minimum atomic E-state index is -4.67. The summed E-state index contributed by atoms with van der Waals surface area (Å²) in [6.07, 6.45) is 0.979. The van der Waals surface area contributed by atoms with Crippen molar-refractivity contribution in [1.29, 1.82) is 0 Å². The zero-order valence-electron chi connectivity index (χ0n) is 9.85. The van der Waals surface area contributed by atoms with Crippen LogP contribution in [0.5, 0.6) is 11.5 Å². The highest BCUT2D eigenvalue weighted by Gasteiger charge is 2.14. The molecule has 0 saturated heterocycles. The standard InChI is InChI=1S/C13H10O.H2O4S/c1-3-7-12-10(5-1)9-11-6-2-4-8-13(11)14-12;1-5(2,3)4/h1-8H,9H2;(H2,1,2,3,4). The number of hydrogen-bond acceptors (Lipinski definition) is 3. The highest BCUT2D eigenvalue weighted by Crippen LogP contribution is 2.35. The van der Waals surface area contributed by atoms with Crippen molar-refractivity contribution in [1.82, 2.24) is 0 Å². The van der Waals surface area contributed by atoms with E-state index in [1.54, 1.807) is 0 Å². The Morgan fingerprint density at radius 1 is 0.842 bits per heavy atom. The largest absolute Gasteiger partial charge is 0.457 e. The molecule has 0 saturated carbocycles. The molecule has 6 heteroatoms. The minimum Gasteiger partial charge on any atom is -0.457 e. The molecule has 0 aliphatic carbocycles. The maximum atomic E-state index is 8.74. The molecule has 100 valence electrons. The molecule has 2 aromatic carbocycles. The first kappa shape index (κ1) is 13.5. The normalized spacial score (nSPS) is 12.3. The zero-order valence-corrected chi connectivity index (χ0v) is 10.7. The highest BCUT2D eigenvalue weighted by molar-refractivity contribution is 7.79. The molecule has 1 aliphatic rings. The summed E-state index contributed by atoms with van der Waals surface area (Å²) in [5.41, 5.74) is 2.54. The summed E-state index contributed by atoms with van der Waals surface area (Å²) in [7, 11) is -4.67. The molecule has 0 spiro atoms. The van der Waals surface area contributed by atoms with Gasteiger partial charge in [0.1, 0.15) is 11.5 Å². The van der Waals surface area contributed by atoms with Gasteiger partial charge in [0.05, 0.1) is 0 Å². The van der Waals surface area contributed by atoms with Gasteiger partial charge in [-0.05, 0) is 23.3 Å². The van der Waals surface area contributed by atoms with Crippen LogP contribution < -0.4 is 4.74 Å². The van der Waals surface area contributed by atoms with Gasteiger partial charge in [-0.25, -0.2) is 0 Å². The van der Waals surface area contributed by atoms with Gasteiger partial charge in [0.15, 0.2) is 0 Å². The van der Waals surface area contributed by atoms with E-state index in [1.165, 1.54) is 11.1 Å². The van der Waals surface area contributed by atoms with Crippen LogP contribution in [-0.4, -0.2) is 17.5 Å². The third-order valence-corrected chi connectivity index (χ3v) is 2.55. The molecular formula is C13H12O5S. The molecule has 3 rings (SSSR count). The molecule has 0 unspecified atom stereocenters. The molecule has 0 fully saturated rings. The highest BCUT2D eigenvalue weighted by atomic mass is 32.3. The van der Waals surface area contributed by atoms with Gasteiger partial charge in [-0.15, -0.1) is 0 Å². The molecule has 0 bridgehead atoms. The lowest BCUT2D eigenvalue weighted by Crippen LogP contribution is -2.01. The van der Waals surface area contributed by atoms with Gasteiger partial charge in [-0.3, -0.25) is 9.11 Å². The lowest BCUT2D eigenvalue weighted by Gasteiger charge is -2.19. The maximum absolute atomic E-state index is 8.74. The summed E-state index contributed by atoms with van der Waals surface area (Å²) in [5.74, 6) is 1.98. The Morgan fingerprint density at radius 2 is 1.21 bits per heavy atom.